The first-order valence-electron chi connectivity index (χ1n) is 4.03. The number of hydrogen-bond donors (Lipinski definition) is 0. The van der Waals surface area contributed by atoms with E-state index in [1.54, 1.807) is 11.0 Å². The highest BCUT2D eigenvalue weighted by Gasteiger charge is 2.05. The van der Waals surface area contributed by atoms with Crippen LogP contribution in [0.1, 0.15) is 18.2 Å². The highest BCUT2D eigenvalue weighted by molar-refractivity contribution is 5.67. The van der Waals surface area contributed by atoms with Crippen LogP contribution in [0.25, 0.3) is 6.08 Å². The third-order valence-corrected chi connectivity index (χ3v) is 1.97. The minimum absolute atomic E-state index is 0.256. The number of aryl methyl sites for hydroxylation is 1. The summed E-state index contributed by atoms with van der Waals surface area (Å²) in [6.07, 6.45) is 7.76. The summed E-state index contributed by atoms with van der Waals surface area (Å²) in [6, 6.07) is 0.256. The van der Waals surface area contributed by atoms with Gasteiger partial charge in [0.15, 0.2) is 0 Å². The van der Waals surface area contributed by atoms with Gasteiger partial charge in [0.25, 0.3) is 0 Å². The van der Waals surface area contributed by atoms with Gasteiger partial charge in [-0.05, 0) is 25.5 Å². The number of aromatic nitrogens is 2. The SMILES string of the molecule is Cc1cnn2c1C=CC(C)N=C2. The Morgan fingerprint density at radius 3 is 3.17 bits per heavy atom. The molecule has 0 spiro atoms. The van der Waals surface area contributed by atoms with Crippen molar-refractivity contribution in [3.8, 4) is 0 Å². The minimum atomic E-state index is 0.256. The zero-order chi connectivity index (χ0) is 8.55. The topological polar surface area (TPSA) is 30.2 Å². The standard InChI is InChI=1S/C9H11N3/c1-7-5-11-12-6-10-8(2)3-4-9(7)12/h3-6,8H,1-2H3. The van der Waals surface area contributed by atoms with Crippen molar-refractivity contribution in [3.05, 3.63) is 23.5 Å². The fourth-order valence-corrected chi connectivity index (χ4v) is 1.21. The molecule has 62 valence electrons. The molecule has 0 aliphatic carbocycles. The molecule has 0 aromatic carbocycles. The number of aliphatic imine (C=N–C) groups is 1. The van der Waals surface area contributed by atoms with Crippen LogP contribution in [0.4, 0.5) is 0 Å². The third kappa shape index (κ3) is 1.07. The van der Waals surface area contributed by atoms with Crippen molar-refractivity contribution in [1.29, 1.82) is 0 Å². The number of hydrogen-bond acceptors (Lipinski definition) is 2. The molecule has 0 radical (unpaired) electrons. The highest BCUT2D eigenvalue weighted by atomic mass is 15.3. The van der Waals surface area contributed by atoms with Gasteiger partial charge in [-0.25, -0.2) is 4.68 Å². The molecular weight excluding hydrogens is 150 g/mol. The first-order chi connectivity index (χ1) is 5.77. The molecule has 0 saturated heterocycles. The quantitative estimate of drug-likeness (QED) is 0.567. The Hall–Kier alpha value is -1.38. The van der Waals surface area contributed by atoms with E-state index in [4.69, 9.17) is 0 Å². The molecule has 0 saturated carbocycles. The van der Waals surface area contributed by atoms with E-state index in [9.17, 15) is 0 Å². The summed E-state index contributed by atoms with van der Waals surface area (Å²) in [6.45, 7) is 4.10. The lowest BCUT2D eigenvalue weighted by atomic mass is 10.2. The molecule has 1 aliphatic heterocycles. The van der Waals surface area contributed by atoms with Gasteiger partial charge in [-0.1, -0.05) is 6.08 Å². The van der Waals surface area contributed by atoms with Gasteiger partial charge in [0, 0.05) is 0 Å². The molecule has 0 N–H and O–H groups in total. The first kappa shape index (κ1) is 7.28. The van der Waals surface area contributed by atoms with Crippen LogP contribution in [-0.2, 0) is 0 Å². The second-order valence-electron chi connectivity index (χ2n) is 3.02. The lowest BCUT2D eigenvalue weighted by Crippen LogP contribution is -2.00. The number of nitrogens with zero attached hydrogens (tertiary/aromatic N) is 3. The summed E-state index contributed by atoms with van der Waals surface area (Å²) >= 11 is 0. The lowest BCUT2D eigenvalue weighted by molar-refractivity contribution is 0.901. The molecule has 3 heteroatoms. The Balaban J connectivity index is 2.54. The Morgan fingerprint density at radius 1 is 1.50 bits per heavy atom. The van der Waals surface area contributed by atoms with E-state index in [2.05, 4.69) is 29.2 Å². The molecule has 0 fully saturated rings. The molecule has 1 unspecified atom stereocenters. The van der Waals surface area contributed by atoms with E-state index in [1.807, 2.05) is 13.1 Å². The summed E-state index contributed by atoms with van der Waals surface area (Å²) in [5, 5.41) is 4.17. The van der Waals surface area contributed by atoms with Crippen LogP contribution in [0.15, 0.2) is 17.3 Å². The van der Waals surface area contributed by atoms with Gasteiger partial charge in [0.05, 0.1) is 17.9 Å². The summed E-state index contributed by atoms with van der Waals surface area (Å²) in [5.74, 6) is 0. The fraction of sp³-hybridized carbons (Fsp3) is 0.333. The van der Waals surface area contributed by atoms with Crippen LogP contribution in [0.3, 0.4) is 0 Å². The van der Waals surface area contributed by atoms with E-state index in [0.29, 0.717) is 0 Å². The summed E-state index contributed by atoms with van der Waals surface area (Å²) in [5.41, 5.74) is 2.31. The maximum atomic E-state index is 4.27. The molecular formula is C9H11N3. The van der Waals surface area contributed by atoms with Crippen LogP contribution in [0.2, 0.25) is 0 Å². The zero-order valence-corrected chi connectivity index (χ0v) is 7.23. The van der Waals surface area contributed by atoms with Crippen molar-refractivity contribution in [2.75, 3.05) is 0 Å². The van der Waals surface area contributed by atoms with Crippen molar-refractivity contribution >= 4 is 12.4 Å². The van der Waals surface area contributed by atoms with Crippen LogP contribution in [0.5, 0.6) is 0 Å². The average Bonchev–Trinajstić information content (AvgIpc) is 2.28. The normalized spacial score (nSPS) is 20.7. The first-order valence-corrected chi connectivity index (χ1v) is 4.03. The van der Waals surface area contributed by atoms with E-state index < -0.39 is 0 Å². The second-order valence-corrected chi connectivity index (χ2v) is 3.02. The Kier molecular flexibility index (Phi) is 1.57. The second kappa shape index (κ2) is 2.59. The molecule has 12 heavy (non-hydrogen) atoms. The number of fused-ring (bicyclic) bond motifs is 1. The Bertz CT molecular complexity index is 347. The molecule has 0 bridgehead atoms. The summed E-state index contributed by atoms with van der Waals surface area (Å²) < 4.78 is 1.80. The molecule has 3 nitrogen and oxygen atoms in total. The fourth-order valence-electron chi connectivity index (χ4n) is 1.21. The lowest BCUT2D eigenvalue weighted by Gasteiger charge is -1.93. The van der Waals surface area contributed by atoms with Crippen molar-refractivity contribution in [1.82, 2.24) is 9.78 Å². The van der Waals surface area contributed by atoms with Crippen LogP contribution in [-0.4, -0.2) is 22.2 Å². The van der Waals surface area contributed by atoms with Crippen molar-refractivity contribution in [2.45, 2.75) is 19.9 Å². The molecule has 1 atom stereocenters. The summed E-state index contributed by atoms with van der Waals surface area (Å²) in [7, 11) is 0. The molecule has 2 heterocycles. The van der Waals surface area contributed by atoms with E-state index in [-0.39, 0.29) is 6.04 Å². The average molecular weight is 161 g/mol. The largest absolute Gasteiger partial charge is 0.266 e. The van der Waals surface area contributed by atoms with Gasteiger partial charge >= 0.3 is 0 Å². The predicted octanol–water partition coefficient (Wildman–Crippen LogP) is 1.48. The van der Waals surface area contributed by atoms with Crippen molar-refractivity contribution in [3.63, 3.8) is 0 Å². The Labute approximate surface area is 71.4 Å². The maximum Gasteiger partial charge on any atom is 0.112 e. The maximum absolute atomic E-state index is 4.27. The van der Waals surface area contributed by atoms with Gasteiger partial charge in [-0.15, -0.1) is 0 Å². The van der Waals surface area contributed by atoms with Gasteiger partial charge in [-0.2, -0.15) is 5.10 Å². The van der Waals surface area contributed by atoms with E-state index in [0.717, 1.165) is 5.69 Å². The van der Waals surface area contributed by atoms with Gasteiger partial charge in [-0.3, -0.25) is 4.99 Å². The van der Waals surface area contributed by atoms with E-state index >= 15 is 0 Å². The Morgan fingerprint density at radius 2 is 2.33 bits per heavy atom. The van der Waals surface area contributed by atoms with Crippen LogP contribution >= 0.6 is 0 Å². The van der Waals surface area contributed by atoms with Crippen molar-refractivity contribution < 1.29 is 0 Å². The highest BCUT2D eigenvalue weighted by Crippen LogP contribution is 2.11. The predicted molar refractivity (Wildman–Crippen MR) is 49.4 cm³/mol. The molecule has 1 aromatic heterocycles. The molecule has 1 aromatic rings. The van der Waals surface area contributed by atoms with Gasteiger partial charge < -0.3 is 0 Å². The monoisotopic (exact) mass is 161 g/mol. The van der Waals surface area contributed by atoms with Crippen molar-refractivity contribution in [2.24, 2.45) is 4.99 Å². The number of rotatable bonds is 0. The summed E-state index contributed by atoms with van der Waals surface area (Å²) in [4.78, 5) is 4.27. The molecule has 2 rings (SSSR count). The van der Waals surface area contributed by atoms with Crippen LogP contribution < -0.4 is 0 Å². The van der Waals surface area contributed by atoms with Crippen LogP contribution in [0, 0.1) is 6.92 Å². The van der Waals surface area contributed by atoms with Gasteiger partial charge in [0.2, 0.25) is 0 Å². The zero-order valence-electron chi connectivity index (χ0n) is 7.23. The molecule has 0 amide bonds. The smallest absolute Gasteiger partial charge is 0.112 e. The third-order valence-electron chi connectivity index (χ3n) is 1.97. The minimum Gasteiger partial charge on any atom is -0.266 e. The van der Waals surface area contributed by atoms with E-state index in [1.165, 1.54) is 5.56 Å². The molecule has 1 aliphatic rings. The van der Waals surface area contributed by atoms with Gasteiger partial charge in [0.1, 0.15) is 6.34 Å².